The van der Waals surface area contributed by atoms with Gasteiger partial charge >= 0.3 is 5.97 Å². The minimum Gasteiger partial charge on any atom is -0.468 e. The van der Waals surface area contributed by atoms with E-state index >= 15 is 0 Å². The van der Waals surface area contributed by atoms with E-state index in [0.29, 0.717) is 11.7 Å². The van der Waals surface area contributed by atoms with Gasteiger partial charge in [0.05, 0.1) is 13.0 Å². The molecule has 2 aliphatic rings. The molecule has 4 rings (SSSR count). The molecule has 1 aromatic carbocycles. The van der Waals surface area contributed by atoms with Crippen molar-refractivity contribution in [1.29, 1.82) is 0 Å². The van der Waals surface area contributed by atoms with E-state index in [9.17, 15) is 4.79 Å². The van der Waals surface area contributed by atoms with Gasteiger partial charge in [0.15, 0.2) is 5.82 Å². The van der Waals surface area contributed by atoms with E-state index in [1.807, 2.05) is 12.1 Å². The Balaban J connectivity index is 1.63. The Bertz CT molecular complexity index is 688. The van der Waals surface area contributed by atoms with Gasteiger partial charge in [-0.25, -0.2) is 0 Å². The van der Waals surface area contributed by atoms with Crippen LogP contribution in [0.2, 0.25) is 0 Å². The molecule has 1 aromatic heterocycles. The highest BCUT2D eigenvalue weighted by molar-refractivity contribution is 5.85. The van der Waals surface area contributed by atoms with E-state index in [0.717, 1.165) is 19.3 Å². The number of hydrogen-bond donors (Lipinski definition) is 0. The lowest BCUT2D eigenvalue weighted by Gasteiger charge is -2.27. The third-order valence-corrected chi connectivity index (χ3v) is 4.34. The smallest absolute Gasteiger partial charge is 0.321 e. The summed E-state index contributed by atoms with van der Waals surface area (Å²) in [6.45, 7) is 0. The molecule has 0 radical (unpaired) electrons. The molecule has 102 valence electrons. The van der Waals surface area contributed by atoms with E-state index in [4.69, 9.17) is 9.26 Å². The van der Waals surface area contributed by atoms with Gasteiger partial charge in [-0.05, 0) is 30.4 Å². The van der Waals surface area contributed by atoms with Gasteiger partial charge in [0, 0.05) is 0 Å². The molecular formula is C15H14N2O3. The third kappa shape index (κ3) is 1.46. The second-order valence-corrected chi connectivity index (χ2v) is 5.49. The zero-order valence-corrected chi connectivity index (χ0v) is 11.1. The van der Waals surface area contributed by atoms with Gasteiger partial charge in [-0.2, -0.15) is 4.98 Å². The molecule has 1 heterocycles. The molecule has 5 heteroatoms. The number of benzene rings is 1. The highest BCUT2D eigenvalue weighted by atomic mass is 16.5. The monoisotopic (exact) mass is 270 g/mol. The van der Waals surface area contributed by atoms with Crippen molar-refractivity contribution in [1.82, 2.24) is 10.1 Å². The number of aromatic nitrogens is 2. The van der Waals surface area contributed by atoms with Crippen molar-refractivity contribution in [3.8, 4) is 0 Å². The number of ether oxygens (including phenoxy) is 1. The Labute approximate surface area is 115 Å². The largest absolute Gasteiger partial charge is 0.468 e. The zero-order valence-electron chi connectivity index (χ0n) is 11.1. The van der Waals surface area contributed by atoms with E-state index < -0.39 is 5.41 Å². The molecule has 0 spiro atoms. The first kappa shape index (κ1) is 11.6. The number of esters is 1. The molecule has 1 fully saturated rings. The fraction of sp³-hybridized carbons (Fsp3) is 0.400. The first-order chi connectivity index (χ1) is 9.74. The van der Waals surface area contributed by atoms with Crippen LogP contribution in [0.25, 0.3) is 0 Å². The average Bonchev–Trinajstić information content (AvgIpc) is 3.12. The van der Waals surface area contributed by atoms with Crippen LogP contribution in [-0.2, 0) is 21.4 Å². The minimum atomic E-state index is -0.677. The molecule has 1 atom stereocenters. The predicted octanol–water partition coefficient (Wildman–Crippen LogP) is 1.96. The van der Waals surface area contributed by atoms with E-state index in [-0.39, 0.29) is 11.9 Å². The molecule has 0 N–H and O–H groups in total. The Hall–Kier alpha value is -2.17. The lowest BCUT2D eigenvalue weighted by molar-refractivity contribution is -0.144. The highest BCUT2D eigenvalue weighted by Crippen LogP contribution is 2.49. The molecular weight excluding hydrogens is 256 g/mol. The molecule has 2 aromatic rings. The zero-order chi connectivity index (χ0) is 13.7. The molecule has 0 bridgehead atoms. The van der Waals surface area contributed by atoms with Crippen LogP contribution in [0.3, 0.4) is 0 Å². The Morgan fingerprint density at radius 1 is 1.40 bits per heavy atom. The summed E-state index contributed by atoms with van der Waals surface area (Å²) in [6.07, 6.45) is 2.38. The molecule has 5 nitrogen and oxygen atoms in total. The van der Waals surface area contributed by atoms with Crippen LogP contribution in [0, 0.1) is 0 Å². The summed E-state index contributed by atoms with van der Waals surface area (Å²) in [4.78, 5) is 16.3. The number of carbonyl (C=O) groups excluding carboxylic acids is 1. The van der Waals surface area contributed by atoms with Crippen molar-refractivity contribution < 1.29 is 14.1 Å². The topological polar surface area (TPSA) is 65.2 Å². The van der Waals surface area contributed by atoms with Crippen LogP contribution < -0.4 is 0 Å². The van der Waals surface area contributed by atoms with E-state index in [2.05, 4.69) is 22.3 Å². The van der Waals surface area contributed by atoms with Crippen LogP contribution in [-0.4, -0.2) is 23.2 Å². The number of carbonyl (C=O) groups is 1. The summed E-state index contributed by atoms with van der Waals surface area (Å²) < 4.78 is 10.2. The van der Waals surface area contributed by atoms with Crippen LogP contribution in [0.15, 0.2) is 28.8 Å². The van der Waals surface area contributed by atoms with Crippen LogP contribution in [0.4, 0.5) is 0 Å². The van der Waals surface area contributed by atoms with Crippen molar-refractivity contribution >= 4 is 5.97 Å². The molecule has 1 saturated carbocycles. The molecule has 0 aliphatic heterocycles. The van der Waals surface area contributed by atoms with Crippen molar-refractivity contribution in [2.24, 2.45) is 0 Å². The second-order valence-electron chi connectivity index (χ2n) is 5.49. The number of methoxy groups -OCH3 is 1. The third-order valence-electron chi connectivity index (χ3n) is 4.34. The summed E-state index contributed by atoms with van der Waals surface area (Å²) >= 11 is 0. The van der Waals surface area contributed by atoms with Gasteiger partial charge in [-0.3, -0.25) is 4.79 Å². The summed E-state index contributed by atoms with van der Waals surface area (Å²) in [7, 11) is 1.39. The van der Waals surface area contributed by atoms with Crippen molar-refractivity contribution in [3.05, 3.63) is 47.1 Å². The van der Waals surface area contributed by atoms with Gasteiger partial charge in [0.1, 0.15) is 5.41 Å². The fourth-order valence-corrected chi connectivity index (χ4v) is 2.89. The maximum absolute atomic E-state index is 11.8. The van der Waals surface area contributed by atoms with E-state index in [1.54, 1.807) is 0 Å². The predicted molar refractivity (Wildman–Crippen MR) is 69.2 cm³/mol. The van der Waals surface area contributed by atoms with Gasteiger partial charge in [0.2, 0.25) is 5.89 Å². The fourth-order valence-electron chi connectivity index (χ4n) is 2.89. The standard InChI is InChI=1S/C15H14N2O3/c1-19-14(18)15(6-7-15)13-16-12(17-20-13)11-8-9-4-2-3-5-10(9)11/h2-5,11H,6-8H2,1H3. The summed E-state index contributed by atoms with van der Waals surface area (Å²) in [5.41, 5.74) is 1.91. The van der Waals surface area contributed by atoms with Crippen molar-refractivity contribution in [2.45, 2.75) is 30.6 Å². The van der Waals surface area contributed by atoms with Crippen molar-refractivity contribution in [2.75, 3.05) is 7.11 Å². The van der Waals surface area contributed by atoms with Gasteiger partial charge < -0.3 is 9.26 Å². The van der Waals surface area contributed by atoms with Crippen LogP contribution in [0.1, 0.15) is 41.6 Å². The highest BCUT2D eigenvalue weighted by Gasteiger charge is 2.57. The Morgan fingerprint density at radius 2 is 2.20 bits per heavy atom. The maximum Gasteiger partial charge on any atom is 0.321 e. The van der Waals surface area contributed by atoms with Crippen molar-refractivity contribution in [3.63, 3.8) is 0 Å². The maximum atomic E-state index is 11.8. The second kappa shape index (κ2) is 3.91. The molecule has 0 amide bonds. The quantitative estimate of drug-likeness (QED) is 0.798. The van der Waals surface area contributed by atoms with Crippen LogP contribution in [0.5, 0.6) is 0 Å². The SMILES string of the molecule is COC(=O)C1(c2nc(C3Cc4ccccc43)no2)CC1. The molecule has 1 unspecified atom stereocenters. The number of fused-ring (bicyclic) bond motifs is 1. The Kier molecular flexibility index (Phi) is 2.28. The lowest BCUT2D eigenvalue weighted by Crippen LogP contribution is -2.23. The van der Waals surface area contributed by atoms with Crippen LogP contribution >= 0.6 is 0 Å². The van der Waals surface area contributed by atoms with Gasteiger partial charge in [0.25, 0.3) is 0 Å². The number of hydrogen-bond acceptors (Lipinski definition) is 5. The number of nitrogens with zero attached hydrogens (tertiary/aromatic N) is 2. The summed E-state index contributed by atoms with van der Waals surface area (Å²) in [5, 5.41) is 4.07. The summed E-state index contributed by atoms with van der Waals surface area (Å²) in [6, 6.07) is 8.26. The normalized spacial score (nSPS) is 21.8. The first-order valence-corrected chi connectivity index (χ1v) is 6.75. The van der Waals surface area contributed by atoms with E-state index in [1.165, 1.54) is 18.2 Å². The molecule has 0 saturated heterocycles. The molecule has 2 aliphatic carbocycles. The first-order valence-electron chi connectivity index (χ1n) is 6.75. The average molecular weight is 270 g/mol. The van der Waals surface area contributed by atoms with Gasteiger partial charge in [-0.15, -0.1) is 0 Å². The summed E-state index contributed by atoms with van der Waals surface area (Å²) in [5.74, 6) is 0.997. The van der Waals surface area contributed by atoms with Gasteiger partial charge in [-0.1, -0.05) is 29.4 Å². The minimum absolute atomic E-state index is 0.192. The number of rotatable bonds is 3. The lowest BCUT2D eigenvalue weighted by atomic mass is 9.77. The Morgan fingerprint density at radius 3 is 2.90 bits per heavy atom. The molecule has 20 heavy (non-hydrogen) atoms.